The Morgan fingerprint density at radius 3 is 1.00 bits per heavy atom. The summed E-state index contributed by atoms with van der Waals surface area (Å²) in [6, 6.07) is 0. The second-order valence-electron chi connectivity index (χ2n) is 10.8. The van der Waals surface area contributed by atoms with E-state index in [-0.39, 0.29) is 12.4 Å². The largest absolute Gasteiger partial charge is 1.00 e. The Morgan fingerprint density at radius 2 is 0.710 bits per heavy atom. The topological polar surface area (TPSA) is 4.44 Å². The third-order valence-corrected chi connectivity index (χ3v) is 7.22. The molecule has 0 saturated carbocycles. The van der Waals surface area contributed by atoms with Crippen molar-refractivity contribution in [1.29, 1.82) is 0 Å². The normalized spacial score (nSPS) is 11.8. The first kappa shape index (κ1) is 33.4. The van der Waals surface area contributed by atoms with Crippen LogP contribution in [0.25, 0.3) is 0 Å². The highest BCUT2D eigenvalue weighted by molar-refractivity contribution is 4.78. The van der Waals surface area contributed by atoms with Gasteiger partial charge in [-0.05, 0) is 43.9 Å². The van der Waals surface area contributed by atoms with Gasteiger partial charge < -0.3 is 17.3 Å². The third-order valence-electron chi connectivity index (χ3n) is 7.22. The van der Waals surface area contributed by atoms with Crippen molar-refractivity contribution in [2.45, 2.75) is 162 Å². The van der Waals surface area contributed by atoms with Gasteiger partial charge in [-0.3, -0.25) is 0 Å². The number of halogens is 1. The maximum absolute atomic E-state index is 2.38. The van der Waals surface area contributed by atoms with Gasteiger partial charge in [0.15, 0.2) is 0 Å². The van der Waals surface area contributed by atoms with Crippen molar-refractivity contribution in [1.82, 2.24) is 0 Å². The van der Waals surface area contributed by atoms with Gasteiger partial charge in [0.05, 0.1) is 20.6 Å². The van der Waals surface area contributed by atoms with E-state index in [1.54, 1.807) is 4.90 Å². The maximum Gasteiger partial charge on any atom is 0.0766 e. The molecule has 0 unspecified atom stereocenters. The lowest BCUT2D eigenvalue weighted by Crippen LogP contribution is -3.05. The Morgan fingerprint density at radius 1 is 0.419 bits per heavy atom. The molecule has 0 atom stereocenters. The highest BCUT2D eigenvalue weighted by atomic mass is 35.5. The van der Waals surface area contributed by atoms with Crippen LogP contribution in [0, 0.1) is 5.41 Å². The summed E-state index contributed by atoms with van der Waals surface area (Å²) < 4.78 is 0. The van der Waals surface area contributed by atoms with Gasteiger partial charge in [0.1, 0.15) is 0 Å². The molecule has 0 aliphatic heterocycles. The molecular weight excluding hydrogens is 398 g/mol. The van der Waals surface area contributed by atoms with Gasteiger partial charge in [0.25, 0.3) is 0 Å². The van der Waals surface area contributed by atoms with Crippen molar-refractivity contribution in [3.8, 4) is 0 Å². The van der Waals surface area contributed by atoms with Crippen LogP contribution in [0.4, 0.5) is 0 Å². The van der Waals surface area contributed by atoms with Gasteiger partial charge in [-0.25, -0.2) is 0 Å². The second kappa shape index (κ2) is 24.9. The van der Waals surface area contributed by atoms with Crippen molar-refractivity contribution in [3.05, 3.63) is 0 Å². The Hall–Kier alpha value is 0.250. The molecule has 0 heterocycles. The average molecular weight is 460 g/mol. The Balaban J connectivity index is 0. The van der Waals surface area contributed by atoms with E-state index in [0.29, 0.717) is 5.41 Å². The molecule has 0 bridgehead atoms. The molecule has 0 radical (unpaired) electrons. The van der Waals surface area contributed by atoms with Gasteiger partial charge in [-0.15, -0.1) is 0 Å². The van der Waals surface area contributed by atoms with Crippen LogP contribution in [0.5, 0.6) is 0 Å². The molecule has 0 saturated heterocycles. The zero-order valence-corrected chi connectivity index (χ0v) is 23.4. The number of nitrogens with one attached hydrogen (secondary N) is 1. The summed E-state index contributed by atoms with van der Waals surface area (Å²) in [4.78, 5) is 1.60. The summed E-state index contributed by atoms with van der Waals surface area (Å²) in [7, 11) is 4.53. The van der Waals surface area contributed by atoms with Crippen molar-refractivity contribution in [3.63, 3.8) is 0 Å². The molecule has 0 spiro atoms. The predicted molar refractivity (Wildman–Crippen MR) is 139 cm³/mol. The summed E-state index contributed by atoms with van der Waals surface area (Å²) in [5.74, 6) is 0. The standard InChI is InChI=1S/C29H61N.ClH/c1-6-24-29(25-7-2,26-8-3)27-22-20-18-16-14-12-10-9-11-13-15-17-19-21-23-28-30(4)5;/h6-28H2,1-5H3;1H. The maximum atomic E-state index is 2.38. The molecular formula is C29H62ClN. The summed E-state index contributed by atoms with van der Waals surface area (Å²) in [5.41, 5.74) is 0.686. The Labute approximate surface area is 205 Å². The molecule has 2 heteroatoms. The van der Waals surface area contributed by atoms with E-state index in [1.165, 1.54) is 148 Å². The predicted octanol–water partition coefficient (Wildman–Crippen LogP) is 5.76. The molecule has 0 fully saturated rings. The molecule has 1 N–H and O–H groups in total. The number of unbranched alkanes of at least 4 members (excludes halogenated alkanes) is 14. The SMILES string of the molecule is CCCC(CCC)(CCC)CCCCCCCCCCCCCCCCC[NH+](C)C.[Cl-]. The van der Waals surface area contributed by atoms with Crippen LogP contribution in [0.15, 0.2) is 0 Å². The molecule has 0 rings (SSSR count). The van der Waals surface area contributed by atoms with Crippen LogP contribution in [-0.2, 0) is 0 Å². The van der Waals surface area contributed by atoms with Gasteiger partial charge in [0, 0.05) is 0 Å². The van der Waals surface area contributed by atoms with E-state index in [2.05, 4.69) is 34.9 Å². The van der Waals surface area contributed by atoms with Gasteiger partial charge >= 0.3 is 0 Å². The van der Waals surface area contributed by atoms with E-state index in [1.807, 2.05) is 0 Å². The molecule has 0 aliphatic carbocycles. The van der Waals surface area contributed by atoms with E-state index < -0.39 is 0 Å². The first-order valence-corrected chi connectivity index (χ1v) is 14.4. The third kappa shape index (κ3) is 21.8. The molecule has 0 aliphatic rings. The fraction of sp³-hybridized carbons (Fsp3) is 1.00. The lowest BCUT2D eigenvalue weighted by atomic mass is 9.72. The van der Waals surface area contributed by atoms with Gasteiger partial charge in [-0.1, -0.05) is 124 Å². The van der Waals surface area contributed by atoms with E-state index >= 15 is 0 Å². The summed E-state index contributed by atoms with van der Waals surface area (Å²) in [5, 5.41) is 0. The van der Waals surface area contributed by atoms with Crippen LogP contribution in [0.3, 0.4) is 0 Å². The van der Waals surface area contributed by atoms with Crippen molar-refractivity contribution in [2.75, 3.05) is 20.6 Å². The molecule has 31 heavy (non-hydrogen) atoms. The van der Waals surface area contributed by atoms with Gasteiger partial charge in [-0.2, -0.15) is 0 Å². The van der Waals surface area contributed by atoms with Crippen LogP contribution in [0.2, 0.25) is 0 Å². The Bertz CT molecular complexity index is 312. The lowest BCUT2D eigenvalue weighted by molar-refractivity contribution is -0.858. The van der Waals surface area contributed by atoms with Gasteiger partial charge in [0.2, 0.25) is 0 Å². The minimum Gasteiger partial charge on any atom is -1.00 e. The fourth-order valence-electron chi connectivity index (χ4n) is 5.62. The monoisotopic (exact) mass is 459 g/mol. The molecule has 0 aromatic rings. The van der Waals surface area contributed by atoms with Crippen LogP contribution in [0.1, 0.15) is 162 Å². The van der Waals surface area contributed by atoms with E-state index in [4.69, 9.17) is 0 Å². The first-order chi connectivity index (χ1) is 14.6. The molecule has 0 aromatic heterocycles. The van der Waals surface area contributed by atoms with Crippen molar-refractivity contribution >= 4 is 0 Å². The number of quaternary nitrogens is 1. The lowest BCUT2D eigenvalue weighted by Gasteiger charge is -2.34. The molecule has 0 amide bonds. The highest BCUT2D eigenvalue weighted by Crippen LogP contribution is 2.40. The Kier molecular flexibility index (Phi) is 26.8. The first-order valence-electron chi connectivity index (χ1n) is 14.4. The minimum absolute atomic E-state index is 0. The van der Waals surface area contributed by atoms with E-state index in [9.17, 15) is 0 Å². The summed E-state index contributed by atoms with van der Waals surface area (Å²) in [6.45, 7) is 8.49. The molecule has 1 nitrogen and oxygen atoms in total. The zero-order chi connectivity index (χ0) is 22.3. The molecule has 190 valence electrons. The number of hydrogen-bond acceptors (Lipinski definition) is 0. The van der Waals surface area contributed by atoms with Crippen molar-refractivity contribution < 1.29 is 17.3 Å². The average Bonchev–Trinajstić information content (AvgIpc) is 2.70. The minimum atomic E-state index is 0. The zero-order valence-electron chi connectivity index (χ0n) is 22.6. The number of hydrogen-bond donors (Lipinski definition) is 1. The van der Waals surface area contributed by atoms with Crippen molar-refractivity contribution in [2.24, 2.45) is 5.41 Å². The molecule has 0 aromatic carbocycles. The van der Waals surface area contributed by atoms with Crippen LogP contribution < -0.4 is 17.3 Å². The second-order valence-corrected chi connectivity index (χ2v) is 10.8. The number of rotatable bonds is 24. The van der Waals surface area contributed by atoms with Crippen LogP contribution in [-0.4, -0.2) is 20.6 Å². The fourth-order valence-corrected chi connectivity index (χ4v) is 5.62. The van der Waals surface area contributed by atoms with E-state index in [0.717, 1.165) is 0 Å². The smallest absolute Gasteiger partial charge is 0.0766 e. The summed E-state index contributed by atoms with van der Waals surface area (Å²) in [6.07, 6.45) is 32.1. The summed E-state index contributed by atoms with van der Waals surface area (Å²) >= 11 is 0. The van der Waals surface area contributed by atoms with Crippen LogP contribution >= 0.6 is 0 Å². The quantitative estimate of drug-likeness (QED) is 0.175. The highest BCUT2D eigenvalue weighted by Gasteiger charge is 2.26.